The molecule has 14 heavy (non-hydrogen) atoms. The Labute approximate surface area is 93.2 Å². The van der Waals surface area contributed by atoms with E-state index in [0.29, 0.717) is 0 Å². The van der Waals surface area contributed by atoms with Gasteiger partial charge < -0.3 is 0 Å². The van der Waals surface area contributed by atoms with Crippen LogP contribution in [0.3, 0.4) is 0 Å². The quantitative estimate of drug-likeness (QED) is 0.782. The molecule has 0 amide bonds. The maximum absolute atomic E-state index is 3.46. The Balaban J connectivity index is 1.64. The van der Waals surface area contributed by atoms with Gasteiger partial charge in [-0.25, -0.2) is 0 Å². The molecule has 1 saturated carbocycles. The summed E-state index contributed by atoms with van der Waals surface area (Å²) in [6, 6.07) is 8.69. The average Bonchev–Trinajstić information content (AvgIpc) is 2.79. The van der Waals surface area contributed by atoms with Crippen molar-refractivity contribution in [2.45, 2.75) is 13.0 Å². The van der Waals surface area contributed by atoms with E-state index in [2.05, 4.69) is 45.1 Å². The van der Waals surface area contributed by atoms with Gasteiger partial charge in [-0.05, 0) is 36.0 Å². The maximum atomic E-state index is 3.46. The minimum atomic E-state index is 1.05. The number of benzene rings is 1. The molecule has 1 aromatic carbocycles. The van der Waals surface area contributed by atoms with Gasteiger partial charge in [0.1, 0.15) is 0 Å². The molecule has 0 spiro atoms. The van der Waals surface area contributed by atoms with Crippen molar-refractivity contribution in [1.82, 2.24) is 4.90 Å². The molecule has 1 saturated heterocycles. The fourth-order valence-corrected chi connectivity index (χ4v) is 2.74. The van der Waals surface area contributed by atoms with Gasteiger partial charge in [0.25, 0.3) is 0 Å². The highest BCUT2D eigenvalue weighted by Crippen LogP contribution is 2.45. The predicted octanol–water partition coefficient (Wildman–Crippen LogP) is 2.90. The van der Waals surface area contributed by atoms with Crippen LogP contribution in [0.4, 0.5) is 0 Å². The van der Waals surface area contributed by atoms with Crippen LogP contribution in [0.15, 0.2) is 28.7 Å². The highest BCUT2D eigenvalue weighted by Gasteiger charge is 2.44. The van der Waals surface area contributed by atoms with Gasteiger partial charge in [-0.3, -0.25) is 4.90 Å². The summed E-state index contributed by atoms with van der Waals surface area (Å²) in [6.07, 6.45) is 1.50. The molecule has 1 aliphatic carbocycles. The van der Waals surface area contributed by atoms with Crippen molar-refractivity contribution in [2.24, 2.45) is 11.8 Å². The van der Waals surface area contributed by atoms with Crippen LogP contribution in [0.5, 0.6) is 0 Å². The second-order valence-electron chi connectivity index (χ2n) is 4.58. The second-order valence-corrected chi connectivity index (χ2v) is 5.49. The van der Waals surface area contributed by atoms with E-state index in [9.17, 15) is 0 Å². The number of likely N-dealkylation sites (tertiary alicyclic amines) is 1. The fraction of sp³-hybridized carbons (Fsp3) is 0.500. The SMILES string of the molecule is Brc1ccc(CN2CC3CC3C2)cc1. The van der Waals surface area contributed by atoms with Crippen molar-refractivity contribution < 1.29 is 0 Å². The molecule has 3 rings (SSSR count). The second kappa shape index (κ2) is 3.35. The number of rotatable bonds is 2. The van der Waals surface area contributed by atoms with E-state index in [-0.39, 0.29) is 0 Å². The molecule has 0 radical (unpaired) electrons. The number of hydrogen-bond donors (Lipinski definition) is 0. The zero-order chi connectivity index (χ0) is 9.54. The van der Waals surface area contributed by atoms with E-state index in [1.54, 1.807) is 0 Å². The van der Waals surface area contributed by atoms with Gasteiger partial charge in [0.2, 0.25) is 0 Å². The standard InChI is InChI=1S/C12H14BrN/c13-12-3-1-9(2-4-12)6-14-7-10-5-11(10)8-14/h1-4,10-11H,5-8H2. The van der Waals surface area contributed by atoms with Gasteiger partial charge in [-0.1, -0.05) is 28.1 Å². The summed E-state index contributed by atoms with van der Waals surface area (Å²) in [5, 5.41) is 0. The third-order valence-corrected chi connectivity index (χ3v) is 3.90. The average molecular weight is 252 g/mol. The highest BCUT2D eigenvalue weighted by molar-refractivity contribution is 9.10. The van der Waals surface area contributed by atoms with Crippen LogP contribution in [0.25, 0.3) is 0 Å². The third-order valence-electron chi connectivity index (χ3n) is 3.37. The topological polar surface area (TPSA) is 3.24 Å². The van der Waals surface area contributed by atoms with Crippen LogP contribution < -0.4 is 0 Å². The molecule has 1 aliphatic heterocycles. The van der Waals surface area contributed by atoms with Crippen LogP contribution in [-0.2, 0) is 6.54 Å². The molecule has 2 unspecified atom stereocenters. The van der Waals surface area contributed by atoms with E-state index in [1.807, 2.05) is 0 Å². The van der Waals surface area contributed by atoms with E-state index in [4.69, 9.17) is 0 Å². The number of hydrogen-bond acceptors (Lipinski definition) is 1. The molecular formula is C12H14BrN. The van der Waals surface area contributed by atoms with Crippen molar-refractivity contribution in [3.63, 3.8) is 0 Å². The van der Waals surface area contributed by atoms with Crippen molar-refractivity contribution in [3.8, 4) is 0 Å². The molecule has 1 aromatic rings. The summed E-state index contributed by atoms with van der Waals surface area (Å²) in [6.45, 7) is 3.81. The first-order valence-electron chi connectivity index (χ1n) is 5.28. The minimum Gasteiger partial charge on any atom is -0.299 e. The van der Waals surface area contributed by atoms with E-state index < -0.39 is 0 Å². The molecule has 2 heteroatoms. The van der Waals surface area contributed by atoms with Gasteiger partial charge >= 0.3 is 0 Å². The van der Waals surface area contributed by atoms with Crippen LogP contribution in [0.2, 0.25) is 0 Å². The molecule has 1 heterocycles. The Hall–Kier alpha value is -0.340. The van der Waals surface area contributed by atoms with Gasteiger partial charge in [0.05, 0.1) is 0 Å². The zero-order valence-corrected chi connectivity index (χ0v) is 9.70. The number of halogens is 1. The van der Waals surface area contributed by atoms with Crippen LogP contribution in [0.1, 0.15) is 12.0 Å². The molecule has 0 N–H and O–H groups in total. The first-order chi connectivity index (χ1) is 6.81. The number of fused-ring (bicyclic) bond motifs is 1. The van der Waals surface area contributed by atoms with Crippen molar-refractivity contribution in [2.75, 3.05) is 13.1 Å². The third kappa shape index (κ3) is 1.73. The Kier molecular flexibility index (Phi) is 2.14. The lowest BCUT2D eigenvalue weighted by Crippen LogP contribution is -2.21. The van der Waals surface area contributed by atoms with Gasteiger partial charge in [-0.15, -0.1) is 0 Å². The van der Waals surface area contributed by atoms with Crippen molar-refractivity contribution >= 4 is 15.9 Å². The lowest BCUT2D eigenvalue weighted by molar-refractivity contribution is 0.297. The van der Waals surface area contributed by atoms with Crippen LogP contribution in [-0.4, -0.2) is 18.0 Å². The fourth-order valence-electron chi connectivity index (χ4n) is 2.47. The lowest BCUT2D eigenvalue weighted by Gasteiger charge is -2.17. The summed E-state index contributed by atoms with van der Waals surface area (Å²) in [5.41, 5.74) is 1.44. The molecule has 2 atom stereocenters. The summed E-state index contributed by atoms with van der Waals surface area (Å²) in [5.74, 6) is 2.09. The number of nitrogens with zero attached hydrogens (tertiary/aromatic N) is 1. The van der Waals surface area contributed by atoms with E-state index in [0.717, 1.165) is 18.4 Å². The lowest BCUT2D eigenvalue weighted by atomic mass is 10.2. The first-order valence-corrected chi connectivity index (χ1v) is 6.07. The molecule has 2 aliphatic rings. The van der Waals surface area contributed by atoms with Crippen molar-refractivity contribution in [3.05, 3.63) is 34.3 Å². The molecular weight excluding hydrogens is 238 g/mol. The van der Waals surface area contributed by atoms with Gasteiger partial charge in [0, 0.05) is 24.1 Å². The molecule has 0 aromatic heterocycles. The summed E-state index contributed by atoms with van der Waals surface area (Å²) in [7, 11) is 0. The Bertz CT molecular complexity index is 323. The van der Waals surface area contributed by atoms with E-state index in [1.165, 1.54) is 29.5 Å². The maximum Gasteiger partial charge on any atom is 0.0233 e. The zero-order valence-electron chi connectivity index (χ0n) is 8.12. The Morgan fingerprint density at radius 2 is 1.79 bits per heavy atom. The normalized spacial score (nSPS) is 30.4. The van der Waals surface area contributed by atoms with Gasteiger partial charge in [-0.2, -0.15) is 0 Å². The monoisotopic (exact) mass is 251 g/mol. The Morgan fingerprint density at radius 3 is 2.43 bits per heavy atom. The summed E-state index contributed by atoms with van der Waals surface area (Å²) < 4.78 is 1.17. The molecule has 2 fully saturated rings. The summed E-state index contributed by atoms with van der Waals surface area (Å²) >= 11 is 3.46. The van der Waals surface area contributed by atoms with Gasteiger partial charge in [0.15, 0.2) is 0 Å². The summed E-state index contributed by atoms with van der Waals surface area (Å²) in [4.78, 5) is 2.59. The molecule has 74 valence electrons. The highest BCUT2D eigenvalue weighted by atomic mass is 79.9. The van der Waals surface area contributed by atoms with Crippen molar-refractivity contribution in [1.29, 1.82) is 0 Å². The predicted molar refractivity (Wildman–Crippen MR) is 61.0 cm³/mol. The Morgan fingerprint density at radius 1 is 1.14 bits per heavy atom. The molecule has 1 nitrogen and oxygen atoms in total. The minimum absolute atomic E-state index is 1.05. The van der Waals surface area contributed by atoms with E-state index >= 15 is 0 Å². The smallest absolute Gasteiger partial charge is 0.0233 e. The first kappa shape index (κ1) is 8.93. The van der Waals surface area contributed by atoms with Crippen LogP contribution in [0, 0.1) is 11.8 Å². The van der Waals surface area contributed by atoms with Crippen LogP contribution >= 0.6 is 15.9 Å². The largest absolute Gasteiger partial charge is 0.299 e. The number of piperidine rings is 1. The molecule has 0 bridgehead atoms.